The average Bonchev–Trinajstić information content (AvgIpc) is 3.31. The van der Waals surface area contributed by atoms with E-state index in [1.54, 1.807) is 6.92 Å². The molecule has 3 heterocycles. The minimum absolute atomic E-state index is 0.0131. The Morgan fingerprint density at radius 2 is 1.91 bits per heavy atom. The highest BCUT2D eigenvalue weighted by atomic mass is 35.5. The first-order valence-corrected chi connectivity index (χ1v) is 10.8. The highest BCUT2D eigenvalue weighted by molar-refractivity contribution is 6.31. The number of piperidine rings is 1. The molecule has 2 unspecified atom stereocenters. The van der Waals surface area contributed by atoms with E-state index >= 15 is 0 Å². The van der Waals surface area contributed by atoms with Crippen molar-refractivity contribution in [3.8, 4) is 5.69 Å². The van der Waals surface area contributed by atoms with Crippen LogP contribution in [0.2, 0.25) is 5.02 Å². The van der Waals surface area contributed by atoms with Crippen molar-refractivity contribution in [3.63, 3.8) is 0 Å². The molecule has 4 rings (SSSR count). The van der Waals surface area contributed by atoms with Crippen LogP contribution in [0.4, 0.5) is 27.8 Å². The van der Waals surface area contributed by atoms with Gasteiger partial charge in [-0.15, -0.1) is 0 Å². The maximum absolute atomic E-state index is 14.5. The number of carbonyl (C=O) groups excluding carboxylic acids is 1. The number of carbonyl (C=O) groups is 1. The number of halogens is 6. The van der Waals surface area contributed by atoms with Crippen LogP contribution in [0.15, 0.2) is 43.0 Å². The zero-order valence-electron chi connectivity index (χ0n) is 18.2. The highest BCUT2D eigenvalue weighted by Crippen LogP contribution is 2.36. The highest BCUT2D eigenvalue weighted by Gasteiger charge is 2.46. The van der Waals surface area contributed by atoms with E-state index in [2.05, 4.69) is 25.5 Å². The number of alkyl halides is 5. The molecule has 1 amide bonds. The molecule has 1 saturated heterocycles. The first kappa shape index (κ1) is 24.8. The summed E-state index contributed by atoms with van der Waals surface area (Å²) in [5, 5.41) is 11.0. The Kier molecular flexibility index (Phi) is 6.62. The number of aromatic nitrogens is 5. The van der Waals surface area contributed by atoms with Gasteiger partial charge in [0.1, 0.15) is 5.82 Å². The fourth-order valence-corrected chi connectivity index (χ4v) is 4.17. The monoisotopic (exact) mass is 515 g/mol. The molecule has 14 heteroatoms. The van der Waals surface area contributed by atoms with Crippen molar-refractivity contribution >= 4 is 23.3 Å². The number of amides is 1. The fourth-order valence-electron chi connectivity index (χ4n) is 4.00. The van der Waals surface area contributed by atoms with Gasteiger partial charge in [0.05, 0.1) is 48.6 Å². The van der Waals surface area contributed by atoms with Crippen molar-refractivity contribution in [3.05, 3.63) is 59.3 Å². The van der Waals surface area contributed by atoms with Gasteiger partial charge in [0.25, 0.3) is 11.8 Å². The molecule has 1 fully saturated rings. The molecule has 35 heavy (non-hydrogen) atoms. The van der Waals surface area contributed by atoms with E-state index in [1.165, 1.54) is 35.4 Å². The molecule has 3 aromatic rings. The van der Waals surface area contributed by atoms with E-state index in [4.69, 9.17) is 11.6 Å². The van der Waals surface area contributed by atoms with Crippen LogP contribution in [0, 0.1) is 5.92 Å². The molecule has 186 valence electrons. The summed E-state index contributed by atoms with van der Waals surface area (Å²) in [4.78, 5) is 22.8. The third-order valence-corrected chi connectivity index (χ3v) is 5.83. The average molecular weight is 516 g/mol. The Morgan fingerprint density at radius 1 is 1.20 bits per heavy atom. The van der Waals surface area contributed by atoms with E-state index in [9.17, 15) is 26.7 Å². The number of nitrogens with one attached hydrogen (secondary N) is 1. The summed E-state index contributed by atoms with van der Waals surface area (Å²) in [7, 11) is 0. The van der Waals surface area contributed by atoms with Gasteiger partial charge in [0.15, 0.2) is 5.69 Å². The first-order chi connectivity index (χ1) is 16.4. The summed E-state index contributed by atoms with van der Waals surface area (Å²) in [5.74, 6) is -4.49. The molecular weight excluding hydrogens is 497 g/mol. The molecule has 2 atom stereocenters. The van der Waals surface area contributed by atoms with Crippen LogP contribution in [0.25, 0.3) is 5.69 Å². The maximum atomic E-state index is 14.5. The minimum Gasteiger partial charge on any atom is -0.367 e. The van der Waals surface area contributed by atoms with Crippen LogP contribution in [0.1, 0.15) is 29.4 Å². The predicted octanol–water partition coefficient (Wildman–Crippen LogP) is 4.33. The lowest BCUT2D eigenvalue weighted by molar-refractivity contribution is -0.141. The van der Waals surface area contributed by atoms with E-state index in [-0.39, 0.29) is 28.6 Å². The Bertz CT molecular complexity index is 1190. The summed E-state index contributed by atoms with van der Waals surface area (Å²) < 4.78 is 67.2. The van der Waals surface area contributed by atoms with Gasteiger partial charge in [-0.2, -0.15) is 28.2 Å². The molecule has 0 spiro atoms. The summed E-state index contributed by atoms with van der Waals surface area (Å²) in [6, 6.07) is 3.65. The normalized spacial score (nSPS) is 20.0. The van der Waals surface area contributed by atoms with Gasteiger partial charge in [-0.25, -0.2) is 18.7 Å². The van der Waals surface area contributed by atoms with Gasteiger partial charge in [0.2, 0.25) is 0 Å². The van der Waals surface area contributed by atoms with Crippen molar-refractivity contribution in [1.29, 1.82) is 0 Å². The fraction of sp³-hybridized carbons (Fsp3) is 0.381. The predicted molar refractivity (Wildman–Crippen MR) is 115 cm³/mol. The van der Waals surface area contributed by atoms with Gasteiger partial charge < -0.3 is 10.2 Å². The number of anilines is 1. The lowest BCUT2D eigenvalue weighted by Crippen LogP contribution is -2.57. The van der Waals surface area contributed by atoms with Gasteiger partial charge >= 0.3 is 6.18 Å². The molecule has 1 aliphatic heterocycles. The van der Waals surface area contributed by atoms with Gasteiger partial charge in [0, 0.05) is 18.0 Å². The molecule has 1 aliphatic rings. The number of hydrogen-bond acceptors (Lipinski definition) is 6. The van der Waals surface area contributed by atoms with Crippen LogP contribution >= 0.6 is 11.6 Å². The van der Waals surface area contributed by atoms with E-state index in [0.29, 0.717) is 6.20 Å². The smallest absolute Gasteiger partial charge is 0.367 e. The van der Waals surface area contributed by atoms with E-state index in [1.807, 2.05) is 0 Å². The first-order valence-electron chi connectivity index (χ1n) is 10.4. The summed E-state index contributed by atoms with van der Waals surface area (Å²) in [6.07, 6.45) is -0.842. The van der Waals surface area contributed by atoms with Gasteiger partial charge in [-0.3, -0.25) is 4.79 Å². The van der Waals surface area contributed by atoms with Gasteiger partial charge in [-0.1, -0.05) is 18.5 Å². The van der Waals surface area contributed by atoms with Crippen molar-refractivity contribution < 1.29 is 26.7 Å². The van der Waals surface area contributed by atoms with Crippen molar-refractivity contribution in [2.75, 3.05) is 18.4 Å². The Hall–Kier alpha value is -3.35. The SMILES string of the molecule is CC1CC(F)(F)CN(C(=O)c2cc(Cl)ccc2-n2nccn2)C1CNc1cnc(C(F)(F)F)cn1. The number of rotatable bonds is 5. The van der Waals surface area contributed by atoms with Crippen LogP contribution in [0.3, 0.4) is 0 Å². The molecule has 0 saturated carbocycles. The number of hydrogen-bond donors (Lipinski definition) is 1. The molecule has 0 aliphatic carbocycles. The van der Waals surface area contributed by atoms with Crippen LogP contribution < -0.4 is 5.32 Å². The third kappa shape index (κ3) is 5.50. The summed E-state index contributed by atoms with van der Waals surface area (Å²) in [5.41, 5.74) is -0.879. The number of benzene rings is 1. The standard InChI is InChI=1S/C21H19ClF5N7O/c1-12-7-20(23,24)11-33(16(12)8-29-18-10-28-17(9-30-18)21(25,26)27)19(35)14-6-13(22)2-3-15(14)34-31-4-5-32-34/h2-6,9-10,12,16H,7-8,11H2,1H3,(H,29,30). The lowest BCUT2D eigenvalue weighted by Gasteiger charge is -2.43. The molecule has 0 radical (unpaired) electrons. The minimum atomic E-state index is -4.64. The van der Waals surface area contributed by atoms with Crippen LogP contribution in [-0.4, -0.2) is 60.8 Å². The Balaban J connectivity index is 1.61. The topological polar surface area (TPSA) is 88.8 Å². The summed E-state index contributed by atoms with van der Waals surface area (Å²) >= 11 is 6.09. The quantitative estimate of drug-likeness (QED) is 0.509. The lowest BCUT2D eigenvalue weighted by atomic mass is 9.87. The second-order valence-corrected chi connectivity index (χ2v) is 8.62. The number of likely N-dealkylation sites (tertiary alicyclic amines) is 1. The second-order valence-electron chi connectivity index (χ2n) is 8.18. The van der Waals surface area contributed by atoms with Crippen molar-refractivity contribution in [1.82, 2.24) is 29.9 Å². The second kappa shape index (κ2) is 9.36. The zero-order chi connectivity index (χ0) is 25.4. The van der Waals surface area contributed by atoms with Gasteiger partial charge in [-0.05, 0) is 24.1 Å². The Labute approximate surface area is 201 Å². The molecule has 1 N–H and O–H groups in total. The molecule has 8 nitrogen and oxygen atoms in total. The van der Waals surface area contributed by atoms with Crippen molar-refractivity contribution in [2.45, 2.75) is 31.5 Å². The largest absolute Gasteiger partial charge is 0.434 e. The molecule has 2 aromatic heterocycles. The van der Waals surface area contributed by atoms with Crippen molar-refractivity contribution in [2.24, 2.45) is 5.92 Å². The zero-order valence-corrected chi connectivity index (χ0v) is 18.9. The molecule has 0 bridgehead atoms. The number of nitrogens with zero attached hydrogens (tertiary/aromatic N) is 6. The Morgan fingerprint density at radius 3 is 2.54 bits per heavy atom. The molecule has 1 aromatic carbocycles. The third-order valence-electron chi connectivity index (χ3n) is 5.60. The summed E-state index contributed by atoms with van der Waals surface area (Å²) in [6.45, 7) is 0.685. The van der Waals surface area contributed by atoms with Crippen LogP contribution in [0.5, 0.6) is 0 Å². The van der Waals surface area contributed by atoms with E-state index in [0.717, 1.165) is 11.1 Å². The van der Waals surface area contributed by atoms with Crippen LogP contribution in [-0.2, 0) is 6.18 Å². The maximum Gasteiger partial charge on any atom is 0.434 e. The van der Waals surface area contributed by atoms with E-state index < -0.39 is 48.6 Å². The molecular formula is C21H19ClF5N7O.